The van der Waals surface area contributed by atoms with Crippen molar-refractivity contribution in [2.45, 2.75) is 5.16 Å². The Balaban J connectivity index is 1.94. The lowest BCUT2D eigenvalue weighted by Crippen LogP contribution is -2.19. The lowest BCUT2D eigenvalue weighted by atomic mass is 10.2. The van der Waals surface area contributed by atoms with E-state index in [1.165, 1.54) is 11.8 Å². The van der Waals surface area contributed by atoms with E-state index in [2.05, 4.69) is 27.4 Å². The van der Waals surface area contributed by atoms with E-state index in [4.69, 9.17) is 0 Å². The van der Waals surface area contributed by atoms with Crippen molar-refractivity contribution in [1.29, 1.82) is 0 Å². The molecule has 0 unspecified atom stereocenters. The van der Waals surface area contributed by atoms with Gasteiger partial charge in [0.05, 0.1) is 21.2 Å². The summed E-state index contributed by atoms with van der Waals surface area (Å²) in [6, 6.07) is 8.17. The van der Waals surface area contributed by atoms with E-state index in [-0.39, 0.29) is 5.91 Å². The van der Waals surface area contributed by atoms with Gasteiger partial charge in [0.25, 0.3) is 0 Å². The highest BCUT2D eigenvalue weighted by Gasteiger charge is 2.16. The van der Waals surface area contributed by atoms with Gasteiger partial charge in [-0.15, -0.1) is 22.7 Å². The van der Waals surface area contributed by atoms with Gasteiger partial charge in [-0.3, -0.25) is 4.79 Å². The Morgan fingerprint density at radius 2 is 2.00 bits per heavy atom. The summed E-state index contributed by atoms with van der Waals surface area (Å²) in [5, 5.41) is 7.47. The number of thiophene rings is 2. The van der Waals surface area contributed by atoms with Crippen LogP contribution >= 0.6 is 34.4 Å². The molecule has 0 aromatic carbocycles. The summed E-state index contributed by atoms with van der Waals surface area (Å²) >= 11 is 4.75. The first-order valence-corrected chi connectivity index (χ1v) is 9.03. The first kappa shape index (κ1) is 14.4. The molecule has 7 heteroatoms. The van der Waals surface area contributed by atoms with Crippen LogP contribution in [0, 0.1) is 0 Å². The molecule has 0 aliphatic rings. The van der Waals surface area contributed by atoms with Crippen molar-refractivity contribution in [1.82, 2.24) is 15.3 Å². The smallest absolute Gasteiger partial charge is 0.230 e. The lowest BCUT2D eigenvalue weighted by Gasteiger charge is -1.96. The topological polar surface area (TPSA) is 57.8 Å². The number of nitrogens with zero attached hydrogens (tertiary/aromatic N) is 1. The van der Waals surface area contributed by atoms with E-state index in [1.54, 1.807) is 29.7 Å². The normalized spacial score (nSPS) is 10.7. The predicted octanol–water partition coefficient (Wildman–Crippen LogP) is 3.70. The van der Waals surface area contributed by atoms with E-state index >= 15 is 0 Å². The Kier molecular flexibility index (Phi) is 4.42. The molecule has 0 atom stereocenters. The number of aromatic amines is 1. The Labute approximate surface area is 134 Å². The predicted molar refractivity (Wildman–Crippen MR) is 90.0 cm³/mol. The van der Waals surface area contributed by atoms with Crippen molar-refractivity contribution >= 4 is 40.3 Å². The first-order valence-electron chi connectivity index (χ1n) is 6.29. The van der Waals surface area contributed by atoms with E-state index in [9.17, 15) is 4.79 Å². The van der Waals surface area contributed by atoms with Gasteiger partial charge in [-0.25, -0.2) is 4.98 Å². The maximum atomic E-state index is 11.4. The molecule has 0 saturated heterocycles. The zero-order valence-electron chi connectivity index (χ0n) is 11.3. The fourth-order valence-electron chi connectivity index (χ4n) is 1.82. The molecule has 3 aromatic rings. The summed E-state index contributed by atoms with van der Waals surface area (Å²) in [5.41, 5.74) is 1.97. The second kappa shape index (κ2) is 6.46. The van der Waals surface area contributed by atoms with Crippen molar-refractivity contribution in [3.05, 3.63) is 35.0 Å². The Bertz CT molecular complexity index is 665. The summed E-state index contributed by atoms with van der Waals surface area (Å²) < 4.78 is 0. The third-order valence-corrected chi connectivity index (χ3v) is 5.46. The molecular formula is C14H13N3OS3. The van der Waals surface area contributed by atoms with Crippen LogP contribution in [0.1, 0.15) is 0 Å². The zero-order valence-corrected chi connectivity index (χ0v) is 13.7. The average molecular weight is 335 g/mol. The van der Waals surface area contributed by atoms with Gasteiger partial charge >= 0.3 is 0 Å². The molecule has 0 bridgehead atoms. The van der Waals surface area contributed by atoms with Gasteiger partial charge in [-0.1, -0.05) is 23.9 Å². The number of nitrogens with one attached hydrogen (secondary N) is 2. The number of carbonyl (C=O) groups is 1. The van der Waals surface area contributed by atoms with Gasteiger partial charge in [0.15, 0.2) is 5.16 Å². The van der Waals surface area contributed by atoms with Crippen molar-refractivity contribution in [3.63, 3.8) is 0 Å². The fourth-order valence-corrected chi connectivity index (χ4v) is 4.01. The molecule has 0 saturated carbocycles. The molecule has 0 radical (unpaired) electrons. The molecule has 3 aromatic heterocycles. The fraction of sp³-hybridized carbons (Fsp3) is 0.143. The minimum absolute atomic E-state index is 0.00764. The number of H-pyrrole nitrogens is 1. The van der Waals surface area contributed by atoms with Gasteiger partial charge in [0.2, 0.25) is 5.91 Å². The van der Waals surface area contributed by atoms with Crippen LogP contribution in [0.15, 0.2) is 40.2 Å². The molecule has 3 heterocycles. The monoisotopic (exact) mass is 335 g/mol. The minimum atomic E-state index is -0.00764. The number of thioether (sulfide) groups is 1. The molecule has 0 aliphatic heterocycles. The van der Waals surface area contributed by atoms with E-state index in [0.717, 1.165) is 26.3 Å². The maximum Gasteiger partial charge on any atom is 0.230 e. The van der Waals surface area contributed by atoms with Crippen LogP contribution < -0.4 is 5.32 Å². The first-order chi connectivity index (χ1) is 10.3. The zero-order chi connectivity index (χ0) is 14.7. The SMILES string of the molecule is CNC(=O)CSc1nc(-c2cccs2)c(-c2cccs2)[nH]1. The molecule has 0 spiro atoms. The number of imidazole rings is 1. The Hall–Kier alpha value is -1.57. The molecule has 3 rings (SSSR count). The highest BCUT2D eigenvalue weighted by atomic mass is 32.2. The van der Waals surface area contributed by atoms with Crippen LogP contribution in [0.5, 0.6) is 0 Å². The molecule has 1 amide bonds. The Morgan fingerprint density at radius 1 is 1.29 bits per heavy atom. The van der Waals surface area contributed by atoms with Crippen molar-refractivity contribution in [3.8, 4) is 21.1 Å². The van der Waals surface area contributed by atoms with Crippen LogP contribution in [0.3, 0.4) is 0 Å². The van der Waals surface area contributed by atoms with Crippen LogP contribution in [0.25, 0.3) is 21.1 Å². The molecule has 21 heavy (non-hydrogen) atoms. The maximum absolute atomic E-state index is 11.4. The van der Waals surface area contributed by atoms with Gasteiger partial charge in [-0.2, -0.15) is 0 Å². The standard InChI is InChI=1S/C14H13N3OS3/c1-15-11(18)8-21-14-16-12(9-4-2-6-19-9)13(17-14)10-5-3-7-20-10/h2-7H,8H2,1H3,(H,15,18)(H,16,17). The van der Waals surface area contributed by atoms with Gasteiger partial charge < -0.3 is 10.3 Å². The van der Waals surface area contributed by atoms with Crippen molar-refractivity contribution in [2.75, 3.05) is 12.8 Å². The lowest BCUT2D eigenvalue weighted by molar-refractivity contribution is -0.118. The van der Waals surface area contributed by atoms with Gasteiger partial charge in [0.1, 0.15) is 5.69 Å². The summed E-state index contributed by atoms with van der Waals surface area (Å²) in [4.78, 5) is 21.6. The highest BCUT2D eigenvalue weighted by Crippen LogP contribution is 2.36. The van der Waals surface area contributed by atoms with Crippen LogP contribution in [0.2, 0.25) is 0 Å². The summed E-state index contributed by atoms with van der Waals surface area (Å²) in [6.07, 6.45) is 0. The number of hydrogen-bond acceptors (Lipinski definition) is 5. The van der Waals surface area contributed by atoms with E-state index in [0.29, 0.717) is 5.75 Å². The van der Waals surface area contributed by atoms with E-state index in [1.807, 2.05) is 22.9 Å². The van der Waals surface area contributed by atoms with Gasteiger partial charge in [0, 0.05) is 7.05 Å². The third kappa shape index (κ3) is 3.20. The molecule has 108 valence electrons. The van der Waals surface area contributed by atoms with Crippen molar-refractivity contribution < 1.29 is 4.79 Å². The molecule has 0 fully saturated rings. The second-order valence-electron chi connectivity index (χ2n) is 4.18. The van der Waals surface area contributed by atoms with E-state index < -0.39 is 0 Å². The molecule has 4 nitrogen and oxygen atoms in total. The summed E-state index contributed by atoms with van der Waals surface area (Å²) in [6.45, 7) is 0. The number of rotatable bonds is 5. The van der Waals surface area contributed by atoms with Crippen molar-refractivity contribution in [2.24, 2.45) is 0 Å². The highest BCUT2D eigenvalue weighted by molar-refractivity contribution is 7.99. The molecule has 0 aliphatic carbocycles. The number of carbonyl (C=O) groups excluding carboxylic acids is 1. The Morgan fingerprint density at radius 3 is 2.62 bits per heavy atom. The second-order valence-corrected chi connectivity index (χ2v) is 7.04. The van der Waals surface area contributed by atoms with Gasteiger partial charge in [-0.05, 0) is 22.9 Å². The quantitative estimate of drug-likeness (QED) is 0.699. The number of hydrogen-bond donors (Lipinski definition) is 2. The summed E-state index contributed by atoms with van der Waals surface area (Å²) in [5.74, 6) is 0.351. The number of amides is 1. The minimum Gasteiger partial charge on any atom is -0.358 e. The largest absolute Gasteiger partial charge is 0.358 e. The van der Waals surface area contributed by atoms with Crippen LogP contribution in [-0.4, -0.2) is 28.7 Å². The summed E-state index contributed by atoms with van der Waals surface area (Å²) in [7, 11) is 1.64. The average Bonchev–Trinajstić information content (AvgIpc) is 3.23. The van der Waals surface area contributed by atoms with Crippen LogP contribution in [-0.2, 0) is 4.79 Å². The number of aromatic nitrogens is 2. The molecule has 2 N–H and O–H groups in total. The third-order valence-electron chi connectivity index (χ3n) is 2.82. The van der Waals surface area contributed by atoms with Crippen LogP contribution in [0.4, 0.5) is 0 Å². The molecular weight excluding hydrogens is 322 g/mol.